The van der Waals surface area contributed by atoms with Crippen molar-refractivity contribution in [3.05, 3.63) is 23.9 Å². The number of carbonyl (C=O) groups is 3. The molecule has 2 rings (SSSR count). The van der Waals surface area contributed by atoms with Gasteiger partial charge in [0.15, 0.2) is 0 Å². The van der Waals surface area contributed by atoms with Crippen molar-refractivity contribution in [2.45, 2.75) is 13.3 Å². The van der Waals surface area contributed by atoms with Gasteiger partial charge in [0.2, 0.25) is 11.8 Å². The van der Waals surface area contributed by atoms with Crippen LogP contribution in [0.1, 0.15) is 23.7 Å². The van der Waals surface area contributed by atoms with Gasteiger partial charge >= 0.3 is 0 Å². The molecule has 8 heteroatoms. The smallest absolute Gasteiger partial charge is 0.255 e. The fourth-order valence-corrected chi connectivity index (χ4v) is 2.74. The molecule has 0 saturated carbocycles. The highest BCUT2D eigenvalue weighted by atomic mass is 16.2. The maximum absolute atomic E-state index is 12.3. The van der Waals surface area contributed by atoms with E-state index in [0.29, 0.717) is 37.6 Å². The molecule has 0 aromatic carbocycles. The summed E-state index contributed by atoms with van der Waals surface area (Å²) in [6.07, 6.45) is 1.87. The van der Waals surface area contributed by atoms with Gasteiger partial charge in [0.25, 0.3) is 5.91 Å². The Morgan fingerprint density at radius 2 is 1.80 bits per heavy atom. The SMILES string of the molecule is CC(=O)N1CCN(C(=O)CCNC(=O)c2cccnc2N(C)C)CC1. The lowest BCUT2D eigenvalue weighted by atomic mass is 10.2. The van der Waals surface area contributed by atoms with E-state index in [-0.39, 0.29) is 30.7 Å². The summed E-state index contributed by atoms with van der Waals surface area (Å²) in [5.74, 6) is 0.368. The van der Waals surface area contributed by atoms with Gasteiger partial charge in [0, 0.05) is 66.4 Å². The van der Waals surface area contributed by atoms with Crippen molar-refractivity contribution >= 4 is 23.5 Å². The van der Waals surface area contributed by atoms with Gasteiger partial charge in [-0.25, -0.2) is 4.98 Å². The van der Waals surface area contributed by atoms with Crippen molar-refractivity contribution in [2.24, 2.45) is 0 Å². The van der Waals surface area contributed by atoms with Crippen molar-refractivity contribution in [2.75, 3.05) is 51.7 Å². The number of piperazine rings is 1. The number of hydrogen-bond donors (Lipinski definition) is 1. The first-order valence-corrected chi connectivity index (χ1v) is 8.34. The molecule has 1 N–H and O–H groups in total. The van der Waals surface area contributed by atoms with E-state index in [1.54, 1.807) is 33.0 Å². The molecule has 1 saturated heterocycles. The summed E-state index contributed by atoms with van der Waals surface area (Å²) < 4.78 is 0. The normalized spacial score (nSPS) is 14.2. The molecule has 0 radical (unpaired) electrons. The summed E-state index contributed by atoms with van der Waals surface area (Å²) in [6, 6.07) is 3.42. The number of amides is 3. The van der Waals surface area contributed by atoms with E-state index in [4.69, 9.17) is 0 Å². The molecule has 25 heavy (non-hydrogen) atoms. The minimum atomic E-state index is -0.244. The largest absolute Gasteiger partial charge is 0.362 e. The van der Waals surface area contributed by atoms with Gasteiger partial charge in [0.05, 0.1) is 5.56 Å². The lowest BCUT2D eigenvalue weighted by Gasteiger charge is -2.34. The van der Waals surface area contributed by atoms with E-state index in [9.17, 15) is 14.4 Å². The molecule has 136 valence electrons. The standard InChI is InChI=1S/C17H25N5O3/c1-13(23)21-9-11-22(12-10-21)15(24)6-8-19-17(25)14-5-4-7-18-16(14)20(2)3/h4-5,7H,6,8-12H2,1-3H3,(H,19,25). The predicted octanol–water partition coefficient (Wildman–Crippen LogP) is -0.0418. The summed E-state index contributed by atoms with van der Waals surface area (Å²) in [6.45, 7) is 4.02. The molecule has 8 nitrogen and oxygen atoms in total. The number of aromatic nitrogens is 1. The number of rotatable bonds is 5. The van der Waals surface area contributed by atoms with Crippen molar-refractivity contribution < 1.29 is 14.4 Å². The van der Waals surface area contributed by atoms with Gasteiger partial charge in [-0.1, -0.05) is 0 Å². The van der Waals surface area contributed by atoms with Crippen LogP contribution in [0.2, 0.25) is 0 Å². The monoisotopic (exact) mass is 347 g/mol. The Kier molecular flexibility index (Phi) is 6.32. The Labute approximate surface area is 147 Å². The molecule has 0 spiro atoms. The van der Waals surface area contributed by atoms with Crippen LogP contribution in [0.3, 0.4) is 0 Å². The van der Waals surface area contributed by atoms with Crippen LogP contribution in [0.4, 0.5) is 5.82 Å². The van der Waals surface area contributed by atoms with E-state index in [0.717, 1.165) is 0 Å². The van der Waals surface area contributed by atoms with E-state index >= 15 is 0 Å². The van der Waals surface area contributed by atoms with E-state index < -0.39 is 0 Å². The zero-order chi connectivity index (χ0) is 18.4. The molecular formula is C17H25N5O3. The van der Waals surface area contributed by atoms with Crippen LogP contribution in [0.25, 0.3) is 0 Å². The molecule has 0 atom stereocenters. The third-order valence-corrected chi connectivity index (χ3v) is 4.16. The maximum atomic E-state index is 12.3. The topological polar surface area (TPSA) is 85.8 Å². The molecule has 1 aromatic rings. The van der Waals surface area contributed by atoms with Crippen LogP contribution in [0.5, 0.6) is 0 Å². The van der Waals surface area contributed by atoms with Crippen molar-refractivity contribution in [1.82, 2.24) is 20.1 Å². The zero-order valence-electron chi connectivity index (χ0n) is 15.0. The quantitative estimate of drug-likeness (QED) is 0.808. The Morgan fingerprint density at radius 1 is 1.16 bits per heavy atom. The van der Waals surface area contributed by atoms with E-state index in [1.165, 1.54) is 6.92 Å². The molecule has 1 aliphatic rings. The molecule has 3 amide bonds. The summed E-state index contributed by atoms with van der Waals surface area (Å²) in [5.41, 5.74) is 0.482. The Balaban J connectivity index is 1.80. The van der Waals surface area contributed by atoms with Gasteiger partial charge in [-0.3, -0.25) is 14.4 Å². The molecule has 0 bridgehead atoms. The van der Waals surface area contributed by atoms with E-state index in [1.807, 2.05) is 14.1 Å². The second kappa shape index (κ2) is 8.46. The fraction of sp³-hybridized carbons (Fsp3) is 0.529. The first-order chi connectivity index (χ1) is 11.9. The van der Waals surface area contributed by atoms with Crippen LogP contribution in [-0.2, 0) is 9.59 Å². The summed E-state index contributed by atoms with van der Waals surface area (Å²) in [5, 5.41) is 2.77. The Morgan fingerprint density at radius 3 is 2.40 bits per heavy atom. The molecule has 0 aliphatic carbocycles. The van der Waals surface area contributed by atoms with Gasteiger partial charge in [-0.05, 0) is 12.1 Å². The van der Waals surface area contributed by atoms with Crippen molar-refractivity contribution in [3.8, 4) is 0 Å². The summed E-state index contributed by atoms with van der Waals surface area (Å²) in [4.78, 5) is 45.3. The molecular weight excluding hydrogens is 322 g/mol. The van der Waals surface area contributed by atoms with Gasteiger partial charge in [-0.15, -0.1) is 0 Å². The van der Waals surface area contributed by atoms with Crippen molar-refractivity contribution in [1.29, 1.82) is 0 Å². The van der Waals surface area contributed by atoms with Gasteiger partial charge in [0.1, 0.15) is 5.82 Å². The van der Waals surface area contributed by atoms with E-state index in [2.05, 4.69) is 10.3 Å². The average Bonchev–Trinajstić information content (AvgIpc) is 2.61. The lowest BCUT2D eigenvalue weighted by Crippen LogP contribution is -2.50. The summed E-state index contributed by atoms with van der Waals surface area (Å²) in [7, 11) is 3.65. The maximum Gasteiger partial charge on any atom is 0.255 e. The predicted molar refractivity (Wildman–Crippen MR) is 94.3 cm³/mol. The minimum Gasteiger partial charge on any atom is -0.362 e. The van der Waals surface area contributed by atoms with Crippen LogP contribution < -0.4 is 10.2 Å². The highest BCUT2D eigenvalue weighted by molar-refractivity contribution is 5.99. The lowest BCUT2D eigenvalue weighted by molar-refractivity contribution is -0.138. The number of anilines is 1. The molecule has 1 aromatic heterocycles. The third kappa shape index (κ3) is 4.91. The molecule has 2 heterocycles. The molecule has 1 fully saturated rings. The van der Waals surface area contributed by atoms with Crippen LogP contribution in [-0.4, -0.2) is 79.3 Å². The number of pyridine rings is 1. The van der Waals surface area contributed by atoms with Gasteiger partial charge in [-0.2, -0.15) is 0 Å². The van der Waals surface area contributed by atoms with Crippen molar-refractivity contribution in [3.63, 3.8) is 0 Å². The highest BCUT2D eigenvalue weighted by Gasteiger charge is 2.22. The molecule has 1 aliphatic heterocycles. The third-order valence-electron chi connectivity index (χ3n) is 4.16. The Bertz CT molecular complexity index is 639. The number of carbonyl (C=O) groups excluding carboxylic acids is 3. The minimum absolute atomic E-state index is 0.0116. The van der Waals surface area contributed by atoms with Crippen LogP contribution >= 0.6 is 0 Å². The zero-order valence-corrected chi connectivity index (χ0v) is 15.0. The average molecular weight is 347 g/mol. The second-order valence-corrected chi connectivity index (χ2v) is 6.16. The number of nitrogens with one attached hydrogen (secondary N) is 1. The number of nitrogens with zero attached hydrogens (tertiary/aromatic N) is 4. The molecule has 0 unspecified atom stereocenters. The Hall–Kier alpha value is -2.64. The summed E-state index contributed by atoms with van der Waals surface area (Å²) >= 11 is 0. The van der Waals surface area contributed by atoms with Crippen LogP contribution in [0, 0.1) is 0 Å². The second-order valence-electron chi connectivity index (χ2n) is 6.16. The fourth-order valence-electron chi connectivity index (χ4n) is 2.74. The van der Waals surface area contributed by atoms with Crippen LogP contribution in [0.15, 0.2) is 18.3 Å². The first kappa shape index (κ1) is 18.7. The first-order valence-electron chi connectivity index (χ1n) is 8.34. The van der Waals surface area contributed by atoms with Gasteiger partial charge < -0.3 is 20.0 Å². The number of hydrogen-bond acceptors (Lipinski definition) is 5. The highest BCUT2D eigenvalue weighted by Crippen LogP contribution is 2.14.